The van der Waals surface area contributed by atoms with Gasteiger partial charge in [0.25, 0.3) is 0 Å². The Kier molecular flexibility index (Phi) is 8.93. The molecule has 2 N–H and O–H groups in total. The van der Waals surface area contributed by atoms with Crippen LogP contribution in [0.3, 0.4) is 0 Å². The highest BCUT2D eigenvalue weighted by Crippen LogP contribution is 2.22. The van der Waals surface area contributed by atoms with Gasteiger partial charge in [0.1, 0.15) is 0 Å². The fraction of sp³-hybridized carbons (Fsp3) is 0.636. The number of nitrogens with one attached hydrogen (secondary N) is 2. The predicted octanol–water partition coefficient (Wildman–Crippen LogP) is 2.89. The molecule has 2 amide bonds. The number of carbonyl (C=O) groups is 2. The number of hydrogen-bond donors (Lipinski definition) is 2. The lowest BCUT2D eigenvalue weighted by Gasteiger charge is -2.35. The van der Waals surface area contributed by atoms with E-state index in [0.717, 1.165) is 49.2 Å². The van der Waals surface area contributed by atoms with Crippen LogP contribution >= 0.6 is 0 Å². The molecule has 6 nitrogen and oxygen atoms in total. The highest BCUT2D eigenvalue weighted by molar-refractivity contribution is 5.95. The molecule has 156 valence electrons. The van der Waals surface area contributed by atoms with E-state index >= 15 is 0 Å². The molecule has 0 spiro atoms. The van der Waals surface area contributed by atoms with Crippen LogP contribution in [0.5, 0.6) is 0 Å². The zero-order chi connectivity index (χ0) is 20.5. The number of ether oxygens (including phenoxy) is 1. The van der Waals surface area contributed by atoms with Crippen LogP contribution in [0.1, 0.15) is 44.2 Å². The van der Waals surface area contributed by atoms with Gasteiger partial charge in [0.15, 0.2) is 0 Å². The minimum atomic E-state index is -0.214. The molecule has 1 atom stereocenters. The summed E-state index contributed by atoms with van der Waals surface area (Å²) in [7, 11) is 0. The Morgan fingerprint density at radius 3 is 2.46 bits per heavy atom. The first-order valence-corrected chi connectivity index (χ1v) is 10.4. The molecule has 1 saturated heterocycles. The van der Waals surface area contributed by atoms with Crippen molar-refractivity contribution in [2.45, 2.75) is 53.0 Å². The number of aryl methyl sites for hydroxylation is 2. The van der Waals surface area contributed by atoms with E-state index in [4.69, 9.17) is 4.74 Å². The van der Waals surface area contributed by atoms with Crippen LogP contribution in [0, 0.1) is 19.8 Å². The van der Waals surface area contributed by atoms with Crippen molar-refractivity contribution in [2.75, 3.05) is 38.2 Å². The summed E-state index contributed by atoms with van der Waals surface area (Å²) in [5.41, 5.74) is 3.04. The third-order valence-corrected chi connectivity index (χ3v) is 5.53. The average molecular weight is 390 g/mol. The summed E-state index contributed by atoms with van der Waals surface area (Å²) < 4.78 is 5.29. The third-order valence-electron chi connectivity index (χ3n) is 5.53. The van der Waals surface area contributed by atoms with Crippen LogP contribution < -0.4 is 10.6 Å². The first-order valence-electron chi connectivity index (χ1n) is 10.4. The molecule has 0 saturated carbocycles. The Hall–Kier alpha value is -1.92. The van der Waals surface area contributed by atoms with E-state index in [1.807, 2.05) is 45.9 Å². The maximum atomic E-state index is 12.7. The van der Waals surface area contributed by atoms with Gasteiger partial charge in [-0.25, -0.2) is 0 Å². The quantitative estimate of drug-likeness (QED) is 0.637. The molecule has 1 aromatic carbocycles. The molecule has 1 heterocycles. The minimum Gasteiger partial charge on any atom is -0.382 e. The molecule has 0 radical (unpaired) electrons. The van der Waals surface area contributed by atoms with Gasteiger partial charge in [0.2, 0.25) is 11.8 Å². The average Bonchev–Trinajstić information content (AvgIpc) is 2.70. The lowest BCUT2D eigenvalue weighted by atomic mass is 9.95. The summed E-state index contributed by atoms with van der Waals surface area (Å²) in [6.07, 6.45) is 2.42. The zero-order valence-electron chi connectivity index (χ0n) is 17.7. The first-order chi connectivity index (χ1) is 13.4. The molecule has 2 rings (SSSR count). The molecular weight excluding hydrogens is 354 g/mol. The number of rotatable bonds is 9. The van der Waals surface area contributed by atoms with Crippen LogP contribution in [0.4, 0.5) is 5.69 Å². The second kappa shape index (κ2) is 11.2. The smallest absolute Gasteiger partial charge is 0.241 e. The van der Waals surface area contributed by atoms with Crippen molar-refractivity contribution in [3.8, 4) is 0 Å². The van der Waals surface area contributed by atoms with E-state index in [2.05, 4.69) is 15.5 Å². The Labute approximate surface area is 169 Å². The Morgan fingerprint density at radius 1 is 1.21 bits per heavy atom. The molecule has 1 unspecified atom stereocenters. The van der Waals surface area contributed by atoms with E-state index in [-0.39, 0.29) is 23.8 Å². The maximum Gasteiger partial charge on any atom is 0.241 e. The van der Waals surface area contributed by atoms with Gasteiger partial charge in [0.05, 0.1) is 6.04 Å². The Morgan fingerprint density at radius 2 is 1.86 bits per heavy atom. The topological polar surface area (TPSA) is 70.7 Å². The molecular formula is C22H35N3O3. The minimum absolute atomic E-state index is 0.0104. The fourth-order valence-corrected chi connectivity index (χ4v) is 3.63. The first kappa shape index (κ1) is 22.4. The molecule has 0 aliphatic carbocycles. The number of carbonyl (C=O) groups excluding carboxylic acids is 2. The lowest BCUT2D eigenvalue weighted by molar-refractivity contribution is -0.127. The monoisotopic (exact) mass is 389 g/mol. The standard InChI is InChI=1S/C22H35N3O3/c1-5-28-15-7-12-23-22(27)19-10-13-25(14-11-19)18(4)21(26)24-20-16(2)8-6-9-17(20)3/h6,8-9,18-19H,5,7,10-15H2,1-4H3,(H,23,27)(H,24,26). The highest BCUT2D eigenvalue weighted by atomic mass is 16.5. The number of para-hydroxylation sites is 1. The summed E-state index contributed by atoms with van der Waals surface area (Å²) >= 11 is 0. The molecule has 28 heavy (non-hydrogen) atoms. The van der Waals surface area contributed by atoms with Crippen molar-refractivity contribution in [1.82, 2.24) is 10.2 Å². The van der Waals surface area contributed by atoms with Crippen LogP contribution in [-0.2, 0) is 14.3 Å². The van der Waals surface area contributed by atoms with Crippen LogP contribution in [0.15, 0.2) is 18.2 Å². The van der Waals surface area contributed by atoms with E-state index in [1.165, 1.54) is 0 Å². The predicted molar refractivity (Wildman–Crippen MR) is 112 cm³/mol. The molecule has 1 aliphatic rings. The van der Waals surface area contributed by atoms with Crippen molar-refractivity contribution < 1.29 is 14.3 Å². The Balaban J connectivity index is 1.77. The highest BCUT2D eigenvalue weighted by Gasteiger charge is 2.29. The normalized spacial score (nSPS) is 16.6. The van der Waals surface area contributed by atoms with Crippen LogP contribution in [0.2, 0.25) is 0 Å². The number of amides is 2. The fourth-order valence-electron chi connectivity index (χ4n) is 3.63. The van der Waals surface area contributed by atoms with Crippen molar-refractivity contribution in [2.24, 2.45) is 5.92 Å². The van der Waals surface area contributed by atoms with Gasteiger partial charge in [-0.1, -0.05) is 18.2 Å². The molecule has 1 aliphatic heterocycles. The van der Waals surface area contributed by atoms with Crippen molar-refractivity contribution in [1.29, 1.82) is 0 Å². The second-order valence-corrected chi connectivity index (χ2v) is 7.58. The summed E-state index contributed by atoms with van der Waals surface area (Å²) in [5, 5.41) is 6.09. The number of hydrogen-bond acceptors (Lipinski definition) is 4. The van der Waals surface area contributed by atoms with Gasteiger partial charge >= 0.3 is 0 Å². The van der Waals surface area contributed by atoms with Gasteiger partial charge in [-0.05, 0) is 71.2 Å². The number of nitrogens with zero attached hydrogens (tertiary/aromatic N) is 1. The second-order valence-electron chi connectivity index (χ2n) is 7.58. The summed E-state index contributed by atoms with van der Waals surface area (Å²) in [6.45, 7) is 11.5. The summed E-state index contributed by atoms with van der Waals surface area (Å²) in [4.78, 5) is 27.2. The van der Waals surface area contributed by atoms with E-state index in [0.29, 0.717) is 19.8 Å². The summed E-state index contributed by atoms with van der Waals surface area (Å²) in [6, 6.07) is 5.79. The maximum absolute atomic E-state index is 12.7. The molecule has 1 aromatic rings. The van der Waals surface area contributed by atoms with Crippen LogP contribution in [0.25, 0.3) is 0 Å². The summed E-state index contributed by atoms with van der Waals surface area (Å²) in [5.74, 6) is 0.178. The van der Waals surface area contributed by atoms with E-state index in [1.54, 1.807) is 0 Å². The van der Waals surface area contributed by atoms with E-state index in [9.17, 15) is 9.59 Å². The SMILES string of the molecule is CCOCCCNC(=O)C1CCN(C(C)C(=O)Nc2c(C)cccc2C)CC1. The third kappa shape index (κ3) is 6.31. The van der Waals surface area contributed by atoms with Gasteiger partial charge in [-0.3, -0.25) is 14.5 Å². The largest absolute Gasteiger partial charge is 0.382 e. The molecule has 6 heteroatoms. The van der Waals surface area contributed by atoms with Crippen molar-refractivity contribution in [3.05, 3.63) is 29.3 Å². The van der Waals surface area contributed by atoms with Gasteiger partial charge < -0.3 is 15.4 Å². The molecule has 0 bridgehead atoms. The van der Waals surface area contributed by atoms with Gasteiger partial charge in [-0.15, -0.1) is 0 Å². The molecule has 0 aromatic heterocycles. The number of anilines is 1. The number of likely N-dealkylation sites (tertiary alicyclic amines) is 1. The van der Waals surface area contributed by atoms with Crippen molar-refractivity contribution >= 4 is 17.5 Å². The number of piperidine rings is 1. The van der Waals surface area contributed by atoms with Gasteiger partial charge in [0, 0.05) is 31.4 Å². The lowest BCUT2D eigenvalue weighted by Crippen LogP contribution is -2.48. The Bertz CT molecular complexity index is 634. The van der Waals surface area contributed by atoms with Gasteiger partial charge in [-0.2, -0.15) is 0 Å². The van der Waals surface area contributed by atoms with E-state index < -0.39 is 0 Å². The number of benzene rings is 1. The molecule has 1 fully saturated rings. The van der Waals surface area contributed by atoms with Crippen LogP contribution in [-0.4, -0.2) is 55.6 Å². The van der Waals surface area contributed by atoms with Crippen molar-refractivity contribution in [3.63, 3.8) is 0 Å². The zero-order valence-corrected chi connectivity index (χ0v) is 17.7.